The Labute approximate surface area is 223 Å². The molecule has 0 aliphatic carbocycles. The summed E-state index contributed by atoms with van der Waals surface area (Å²) in [4.78, 5) is 33.4. The van der Waals surface area contributed by atoms with E-state index in [0.29, 0.717) is 13.2 Å². The minimum atomic E-state index is -1.12. The predicted octanol–water partition coefficient (Wildman–Crippen LogP) is 5.05. The molecule has 2 amide bonds. The molecule has 0 bridgehead atoms. The van der Waals surface area contributed by atoms with Gasteiger partial charge < -0.3 is 24.5 Å². The van der Waals surface area contributed by atoms with E-state index in [4.69, 9.17) is 13.9 Å². The average Bonchev–Trinajstić information content (AvgIpc) is 3.34. The van der Waals surface area contributed by atoms with E-state index in [1.807, 2.05) is 0 Å². The minimum absolute atomic E-state index is 0.0708. The summed E-state index contributed by atoms with van der Waals surface area (Å²) in [7, 11) is 0. The number of ether oxygens (including phenoxy) is 2. The molecule has 39 heavy (non-hydrogen) atoms. The first-order chi connectivity index (χ1) is 18.8. The first-order valence-corrected chi connectivity index (χ1v) is 12.7. The molecule has 200 valence electrons. The highest BCUT2D eigenvalue weighted by molar-refractivity contribution is 7.98. The molecule has 9 nitrogen and oxygen atoms in total. The van der Waals surface area contributed by atoms with Crippen LogP contribution < -0.4 is 15.4 Å². The fourth-order valence-corrected chi connectivity index (χ4v) is 3.88. The third-order valence-corrected chi connectivity index (χ3v) is 6.06. The Balaban J connectivity index is 1.31. The fourth-order valence-electron chi connectivity index (χ4n) is 3.53. The number of carbonyl (C=O) groups excluding carboxylic acids is 2. The lowest BCUT2D eigenvalue weighted by molar-refractivity contribution is -0.00355. The summed E-state index contributed by atoms with van der Waals surface area (Å²) in [6.45, 7) is 0.856. The summed E-state index contributed by atoms with van der Waals surface area (Å²) >= 11 is 1.11. The van der Waals surface area contributed by atoms with Crippen LogP contribution in [0.3, 0.4) is 0 Å². The summed E-state index contributed by atoms with van der Waals surface area (Å²) < 4.78 is 58.2. The van der Waals surface area contributed by atoms with Gasteiger partial charge in [0, 0.05) is 29.6 Å². The molecular formula is C26H19F3N4O5S. The highest BCUT2D eigenvalue weighted by Gasteiger charge is 2.24. The summed E-state index contributed by atoms with van der Waals surface area (Å²) in [6.07, 6.45) is 3.03. The molecule has 5 rings (SSSR count). The topological polar surface area (TPSA) is 116 Å². The number of aromatic nitrogens is 2. The molecule has 1 fully saturated rings. The maximum absolute atomic E-state index is 14.9. The lowest BCUT2D eigenvalue weighted by Gasteiger charge is -2.26. The number of nitrogens with one attached hydrogen (secondary N) is 2. The first kappa shape index (κ1) is 26.3. The zero-order chi connectivity index (χ0) is 27.5. The fraction of sp³-hybridized carbons (Fsp3) is 0.154. The number of oxazole rings is 1. The van der Waals surface area contributed by atoms with Crippen LogP contribution in [0.2, 0.25) is 0 Å². The Morgan fingerprint density at radius 1 is 1.00 bits per heavy atom. The molecule has 0 saturated carbocycles. The van der Waals surface area contributed by atoms with E-state index in [9.17, 15) is 22.8 Å². The van der Waals surface area contributed by atoms with Crippen LogP contribution in [-0.2, 0) is 4.74 Å². The van der Waals surface area contributed by atoms with Gasteiger partial charge >= 0.3 is 0 Å². The molecular weight excluding hydrogens is 537 g/mol. The van der Waals surface area contributed by atoms with Gasteiger partial charge in [-0.05, 0) is 42.7 Å². The molecule has 2 aromatic heterocycles. The summed E-state index contributed by atoms with van der Waals surface area (Å²) in [6, 6.07) is 9.53. The van der Waals surface area contributed by atoms with Crippen molar-refractivity contribution in [2.75, 3.05) is 24.8 Å². The average molecular weight is 557 g/mol. The van der Waals surface area contributed by atoms with Gasteiger partial charge in [-0.3, -0.25) is 14.6 Å². The standard InChI is InChI=1S/C26H19F3N4O5S/c1-39-26-33-22(23(38-26)13-2-4-17(27)18(28)8-13)25(35)31-14-3-5-21(19(29)9-14)37-16-6-7-30-20(10-16)24(34)32-15-11-36-12-15/h2-10,15H,11-12H2,1H3,(H,31,35)(H,32,34). The molecule has 3 heterocycles. The third-order valence-electron chi connectivity index (χ3n) is 5.53. The molecule has 1 aliphatic rings. The van der Waals surface area contributed by atoms with Crippen molar-refractivity contribution in [2.24, 2.45) is 0 Å². The van der Waals surface area contributed by atoms with Crippen molar-refractivity contribution in [1.29, 1.82) is 0 Å². The van der Waals surface area contributed by atoms with Crippen LogP contribution in [0.5, 0.6) is 11.5 Å². The van der Waals surface area contributed by atoms with E-state index in [-0.39, 0.29) is 51.2 Å². The van der Waals surface area contributed by atoms with E-state index >= 15 is 0 Å². The van der Waals surface area contributed by atoms with E-state index in [2.05, 4.69) is 20.6 Å². The van der Waals surface area contributed by atoms with Crippen LogP contribution >= 0.6 is 11.8 Å². The number of anilines is 1. The maximum atomic E-state index is 14.9. The highest BCUT2D eigenvalue weighted by atomic mass is 32.2. The van der Waals surface area contributed by atoms with E-state index in [0.717, 1.165) is 30.0 Å². The van der Waals surface area contributed by atoms with Crippen molar-refractivity contribution in [2.45, 2.75) is 11.3 Å². The Bertz CT molecular complexity index is 1560. The molecule has 0 spiro atoms. The largest absolute Gasteiger partial charge is 0.454 e. The molecule has 13 heteroatoms. The molecule has 0 atom stereocenters. The van der Waals surface area contributed by atoms with Crippen molar-refractivity contribution < 1.29 is 36.7 Å². The molecule has 1 saturated heterocycles. The highest BCUT2D eigenvalue weighted by Crippen LogP contribution is 2.31. The predicted molar refractivity (Wildman–Crippen MR) is 134 cm³/mol. The second-order valence-electron chi connectivity index (χ2n) is 8.28. The van der Waals surface area contributed by atoms with Crippen LogP contribution in [0.15, 0.2) is 64.4 Å². The number of hydrogen-bond acceptors (Lipinski definition) is 8. The minimum Gasteiger partial charge on any atom is -0.454 e. The number of nitrogens with zero attached hydrogens (tertiary/aromatic N) is 2. The number of pyridine rings is 1. The number of amides is 2. The summed E-state index contributed by atoms with van der Waals surface area (Å²) in [5, 5.41) is 5.39. The van der Waals surface area contributed by atoms with Gasteiger partial charge in [-0.25, -0.2) is 13.2 Å². The number of halogens is 3. The molecule has 2 N–H and O–H groups in total. The normalized spacial score (nSPS) is 13.0. The number of thioether (sulfide) groups is 1. The smallest absolute Gasteiger partial charge is 0.278 e. The first-order valence-electron chi connectivity index (χ1n) is 11.4. The Morgan fingerprint density at radius 3 is 2.51 bits per heavy atom. The zero-order valence-electron chi connectivity index (χ0n) is 20.2. The Morgan fingerprint density at radius 2 is 1.82 bits per heavy atom. The van der Waals surface area contributed by atoms with Gasteiger partial charge in [-0.15, -0.1) is 0 Å². The van der Waals surface area contributed by atoms with E-state index in [1.54, 1.807) is 6.26 Å². The summed E-state index contributed by atoms with van der Waals surface area (Å²) in [5.41, 5.74) is 0.0837. The van der Waals surface area contributed by atoms with Crippen molar-refractivity contribution >= 4 is 29.3 Å². The van der Waals surface area contributed by atoms with E-state index in [1.165, 1.54) is 36.5 Å². The van der Waals surface area contributed by atoms with Gasteiger partial charge in [0.05, 0.1) is 19.3 Å². The van der Waals surface area contributed by atoms with Crippen LogP contribution in [-0.4, -0.2) is 47.3 Å². The number of benzene rings is 2. The lowest BCUT2D eigenvalue weighted by atomic mass is 10.1. The van der Waals surface area contributed by atoms with Gasteiger partial charge in [-0.2, -0.15) is 4.98 Å². The van der Waals surface area contributed by atoms with Gasteiger partial charge in [0.1, 0.15) is 11.4 Å². The number of carbonyl (C=O) groups is 2. The SMILES string of the molecule is CSc1nc(C(=O)Nc2ccc(Oc3ccnc(C(=O)NC4COC4)c3)c(F)c2)c(-c2ccc(F)c(F)c2)o1. The van der Waals surface area contributed by atoms with Gasteiger partial charge in [0.2, 0.25) is 0 Å². The van der Waals surface area contributed by atoms with Crippen molar-refractivity contribution in [3.05, 3.63) is 83.6 Å². The van der Waals surface area contributed by atoms with Gasteiger partial charge in [0.15, 0.2) is 34.7 Å². The zero-order valence-corrected chi connectivity index (χ0v) is 21.0. The third kappa shape index (κ3) is 5.89. The van der Waals surface area contributed by atoms with Gasteiger partial charge in [-0.1, -0.05) is 11.8 Å². The Kier molecular flexibility index (Phi) is 7.52. The second kappa shape index (κ2) is 11.2. The quantitative estimate of drug-likeness (QED) is 0.290. The second-order valence-corrected chi connectivity index (χ2v) is 9.03. The van der Waals surface area contributed by atoms with E-state index < -0.39 is 29.3 Å². The van der Waals surface area contributed by atoms with Crippen molar-refractivity contribution in [3.8, 4) is 22.8 Å². The monoisotopic (exact) mass is 556 g/mol. The van der Waals surface area contributed by atoms with Crippen LogP contribution in [0, 0.1) is 17.5 Å². The van der Waals surface area contributed by atoms with Crippen LogP contribution in [0.1, 0.15) is 21.0 Å². The molecule has 2 aromatic carbocycles. The van der Waals surface area contributed by atoms with Crippen molar-refractivity contribution in [3.63, 3.8) is 0 Å². The van der Waals surface area contributed by atoms with Crippen molar-refractivity contribution in [1.82, 2.24) is 15.3 Å². The maximum Gasteiger partial charge on any atom is 0.278 e. The molecule has 1 aliphatic heterocycles. The molecule has 0 radical (unpaired) electrons. The summed E-state index contributed by atoms with van der Waals surface area (Å²) in [5.74, 6) is -4.19. The number of hydrogen-bond donors (Lipinski definition) is 2. The lowest BCUT2D eigenvalue weighted by Crippen LogP contribution is -2.48. The molecule has 0 unspecified atom stereocenters. The number of rotatable bonds is 8. The van der Waals surface area contributed by atoms with Crippen LogP contribution in [0.4, 0.5) is 18.9 Å². The molecule has 4 aromatic rings. The van der Waals surface area contributed by atoms with Gasteiger partial charge in [0.25, 0.3) is 17.0 Å². The van der Waals surface area contributed by atoms with Crippen LogP contribution in [0.25, 0.3) is 11.3 Å². The Hall–Kier alpha value is -4.36.